The first-order chi connectivity index (χ1) is 7.66. The van der Waals surface area contributed by atoms with E-state index in [1.807, 2.05) is 0 Å². The van der Waals surface area contributed by atoms with Crippen LogP contribution in [-0.2, 0) is 0 Å². The lowest BCUT2D eigenvalue weighted by atomic mass is 10.2. The Morgan fingerprint density at radius 1 is 1.38 bits per heavy atom. The maximum atomic E-state index is 13.3. The summed E-state index contributed by atoms with van der Waals surface area (Å²) in [5, 5.41) is 0. The van der Waals surface area contributed by atoms with Crippen molar-refractivity contribution < 1.29 is 9.13 Å². The maximum Gasteiger partial charge on any atom is 0.235 e. The highest BCUT2D eigenvalue weighted by molar-refractivity contribution is 14.1. The second-order valence-corrected chi connectivity index (χ2v) is 4.35. The number of hydrogen-bond acceptors (Lipinski definition) is 3. The molecule has 1 aromatic heterocycles. The molecule has 0 atom stereocenters. The van der Waals surface area contributed by atoms with E-state index in [2.05, 4.69) is 32.6 Å². The van der Waals surface area contributed by atoms with Gasteiger partial charge in [0.15, 0.2) is 0 Å². The van der Waals surface area contributed by atoms with E-state index >= 15 is 0 Å². The van der Waals surface area contributed by atoms with Gasteiger partial charge in [-0.3, -0.25) is 0 Å². The van der Waals surface area contributed by atoms with E-state index in [-0.39, 0.29) is 5.82 Å². The second kappa shape index (κ2) is 4.73. The molecule has 82 valence electrons. The van der Waals surface area contributed by atoms with Crippen LogP contribution in [0.4, 0.5) is 4.39 Å². The molecule has 0 saturated heterocycles. The Kier molecular flexibility index (Phi) is 3.33. The number of nitrogens with zero attached hydrogens (tertiary/aromatic N) is 2. The van der Waals surface area contributed by atoms with Crippen LogP contribution in [0.3, 0.4) is 0 Å². The molecule has 0 aliphatic carbocycles. The Balaban J connectivity index is 2.28. The van der Waals surface area contributed by atoms with Gasteiger partial charge in [-0.05, 0) is 41.1 Å². The van der Waals surface area contributed by atoms with Gasteiger partial charge in [-0.15, -0.1) is 0 Å². The molecule has 0 fully saturated rings. The minimum absolute atomic E-state index is 0.290. The number of benzene rings is 1. The quantitative estimate of drug-likeness (QED) is 0.793. The molecule has 0 aliphatic rings. The highest BCUT2D eigenvalue weighted by atomic mass is 127. The number of halogens is 2. The molecule has 1 aromatic carbocycles. The summed E-state index contributed by atoms with van der Waals surface area (Å²) < 4.78 is 19.5. The molecule has 0 radical (unpaired) electrons. The van der Waals surface area contributed by atoms with Crippen molar-refractivity contribution in [2.24, 2.45) is 0 Å². The average Bonchev–Trinajstić information content (AvgIpc) is 2.27. The molecule has 0 aliphatic heterocycles. The standard InChI is InChI=1S/C11H8FIN2O/c1-7-2-3-8(4-9(7)12)16-11-10(13)5-14-6-15-11/h2-6H,1H3. The van der Waals surface area contributed by atoms with Gasteiger partial charge < -0.3 is 4.74 Å². The lowest BCUT2D eigenvalue weighted by molar-refractivity contribution is 0.452. The minimum atomic E-state index is -0.290. The fourth-order valence-electron chi connectivity index (χ4n) is 1.13. The lowest BCUT2D eigenvalue weighted by Gasteiger charge is -2.06. The summed E-state index contributed by atoms with van der Waals surface area (Å²) in [4.78, 5) is 7.81. The topological polar surface area (TPSA) is 35.0 Å². The largest absolute Gasteiger partial charge is 0.438 e. The van der Waals surface area contributed by atoms with Crippen LogP contribution in [0.15, 0.2) is 30.7 Å². The number of aromatic nitrogens is 2. The first kappa shape index (κ1) is 11.3. The highest BCUT2D eigenvalue weighted by Gasteiger charge is 2.05. The smallest absolute Gasteiger partial charge is 0.235 e. The van der Waals surface area contributed by atoms with Gasteiger partial charge in [0.1, 0.15) is 17.9 Å². The van der Waals surface area contributed by atoms with Gasteiger partial charge in [0, 0.05) is 12.3 Å². The molecule has 0 unspecified atom stereocenters. The zero-order valence-electron chi connectivity index (χ0n) is 8.45. The van der Waals surface area contributed by atoms with Crippen LogP contribution in [-0.4, -0.2) is 9.97 Å². The van der Waals surface area contributed by atoms with E-state index in [0.29, 0.717) is 17.2 Å². The third kappa shape index (κ3) is 2.46. The lowest BCUT2D eigenvalue weighted by Crippen LogP contribution is -1.93. The number of rotatable bonds is 2. The Morgan fingerprint density at radius 2 is 2.19 bits per heavy atom. The molecule has 0 N–H and O–H groups in total. The van der Waals surface area contributed by atoms with E-state index < -0.39 is 0 Å². The summed E-state index contributed by atoms with van der Waals surface area (Å²) in [6, 6.07) is 4.71. The van der Waals surface area contributed by atoms with Crippen molar-refractivity contribution in [3.63, 3.8) is 0 Å². The van der Waals surface area contributed by atoms with Crippen molar-refractivity contribution in [2.75, 3.05) is 0 Å². The van der Waals surface area contributed by atoms with Crippen LogP contribution < -0.4 is 4.74 Å². The SMILES string of the molecule is Cc1ccc(Oc2ncncc2I)cc1F. The van der Waals surface area contributed by atoms with Crippen LogP contribution in [0.5, 0.6) is 11.6 Å². The molecular weight excluding hydrogens is 322 g/mol. The summed E-state index contributed by atoms with van der Waals surface area (Å²) >= 11 is 2.06. The van der Waals surface area contributed by atoms with Crippen molar-refractivity contribution in [1.82, 2.24) is 9.97 Å². The third-order valence-electron chi connectivity index (χ3n) is 1.99. The molecule has 2 rings (SSSR count). The van der Waals surface area contributed by atoms with Gasteiger partial charge in [0.2, 0.25) is 5.88 Å². The monoisotopic (exact) mass is 330 g/mol. The summed E-state index contributed by atoms with van der Waals surface area (Å²) in [6.45, 7) is 1.70. The summed E-state index contributed by atoms with van der Waals surface area (Å²) in [5.41, 5.74) is 0.588. The number of aryl methyl sites for hydroxylation is 1. The Morgan fingerprint density at radius 3 is 2.88 bits per heavy atom. The van der Waals surface area contributed by atoms with Crippen molar-refractivity contribution in [3.05, 3.63) is 45.7 Å². The molecular formula is C11H8FIN2O. The second-order valence-electron chi connectivity index (χ2n) is 3.19. The highest BCUT2D eigenvalue weighted by Crippen LogP contribution is 2.24. The molecule has 16 heavy (non-hydrogen) atoms. The van der Waals surface area contributed by atoms with Crippen LogP contribution in [0.2, 0.25) is 0 Å². The van der Waals surface area contributed by atoms with E-state index in [0.717, 1.165) is 3.57 Å². The average molecular weight is 330 g/mol. The van der Waals surface area contributed by atoms with Crippen molar-refractivity contribution in [1.29, 1.82) is 0 Å². The summed E-state index contributed by atoms with van der Waals surface area (Å²) in [6.07, 6.45) is 3.02. The zero-order chi connectivity index (χ0) is 11.5. The van der Waals surface area contributed by atoms with Crippen LogP contribution >= 0.6 is 22.6 Å². The molecule has 1 heterocycles. The Hall–Kier alpha value is -1.24. The predicted octanol–water partition coefficient (Wildman–Crippen LogP) is 3.32. The van der Waals surface area contributed by atoms with E-state index in [4.69, 9.17) is 4.74 Å². The molecule has 3 nitrogen and oxygen atoms in total. The van der Waals surface area contributed by atoms with Gasteiger partial charge in [0.25, 0.3) is 0 Å². The molecule has 5 heteroatoms. The molecule has 2 aromatic rings. The van der Waals surface area contributed by atoms with Crippen molar-refractivity contribution >= 4 is 22.6 Å². The summed E-state index contributed by atoms with van der Waals surface area (Å²) in [5.74, 6) is 0.570. The van der Waals surface area contributed by atoms with Crippen molar-refractivity contribution in [2.45, 2.75) is 6.92 Å². The first-order valence-electron chi connectivity index (χ1n) is 4.56. The minimum Gasteiger partial charge on any atom is -0.438 e. The van der Waals surface area contributed by atoms with Crippen LogP contribution in [0.1, 0.15) is 5.56 Å². The zero-order valence-corrected chi connectivity index (χ0v) is 10.6. The Bertz CT molecular complexity index is 519. The van der Waals surface area contributed by atoms with Gasteiger partial charge >= 0.3 is 0 Å². The van der Waals surface area contributed by atoms with Crippen LogP contribution in [0, 0.1) is 16.3 Å². The predicted molar refractivity (Wildman–Crippen MR) is 66.0 cm³/mol. The van der Waals surface area contributed by atoms with Crippen LogP contribution in [0.25, 0.3) is 0 Å². The molecule has 0 bridgehead atoms. The van der Waals surface area contributed by atoms with Crippen molar-refractivity contribution in [3.8, 4) is 11.6 Å². The van der Waals surface area contributed by atoms with E-state index in [1.165, 1.54) is 12.4 Å². The number of ether oxygens (including phenoxy) is 1. The van der Waals surface area contributed by atoms with Gasteiger partial charge in [-0.25, -0.2) is 14.4 Å². The number of hydrogen-bond donors (Lipinski definition) is 0. The fraction of sp³-hybridized carbons (Fsp3) is 0.0909. The first-order valence-corrected chi connectivity index (χ1v) is 5.64. The molecule has 0 amide bonds. The van der Waals surface area contributed by atoms with Gasteiger partial charge in [-0.2, -0.15) is 0 Å². The van der Waals surface area contributed by atoms with Gasteiger partial charge in [-0.1, -0.05) is 6.07 Å². The normalized spacial score (nSPS) is 10.2. The maximum absolute atomic E-state index is 13.3. The Labute approximate surface area is 106 Å². The van der Waals surface area contributed by atoms with E-state index in [9.17, 15) is 4.39 Å². The van der Waals surface area contributed by atoms with Gasteiger partial charge in [0.05, 0.1) is 3.57 Å². The summed E-state index contributed by atoms with van der Waals surface area (Å²) in [7, 11) is 0. The fourth-order valence-corrected chi connectivity index (χ4v) is 1.54. The van der Waals surface area contributed by atoms with E-state index in [1.54, 1.807) is 25.3 Å². The molecule has 0 spiro atoms. The third-order valence-corrected chi connectivity index (χ3v) is 2.73. The molecule has 0 saturated carbocycles.